The van der Waals surface area contributed by atoms with Crippen LogP contribution in [-0.2, 0) is 9.53 Å². The minimum absolute atomic E-state index is 0.747. The second kappa shape index (κ2) is 4.17. The Morgan fingerprint density at radius 2 is 1.37 bits per heavy atom. The summed E-state index contributed by atoms with van der Waals surface area (Å²) in [5, 5.41) is 0. The third-order valence-corrected chi connectivity index (χ3v) is 2.39. The van der Waals surface area contributed by atoms with Crippen LogP contribution in [0, 0.1) is 0 Å². The number of ether oxygens (including phenoxy) is 1. The van der Waals surface area contributed by atoms with Gasteiger partial charge in [-0.2, -0.15) is 39.5 Å². The molecule has 0 aromatic carbocycles. The molecule has 1 unspecified atom stereocenters. The highest BCUT2D eigenvalue weighted by Gasteiger charge is 2.81. The maximum atomic E-state index is 12.9. The lowest BCUT2D eigenvalue weighted by Gasteiger charge is -2.36. The average molecular weight is 304 g/mol. The minimum atomic E-state index is -6.91. The fourth-order valence-electron chi connectivity index (χ4n) is 1.30. The predicted octanol–water partition coefficient (Wildman–Crippen LogP) is 3.16. The van der Waals surface area contributed by atoms with Crippen molar-refractivity contribution in [1.82, 2.24) is 0 Å². The summed E-state index contributed by atoms with van der Waals surface area (Å²) in [6.45, 7) is 0. The van der Waals surface area contributed by atoms with Crippen molar-refractivity contribution in [3.8, 4) is 0 Å². The lowest BCUT2D eigenvalue weighted by molar-refractivity contribution is -0.398. The number of halogens is 9. The Labute approximate surface area is 99.1 Å². The van der Waals surface area contributed by atoms with Crippen LogP contribution in [0.5, 0.6) is 0 Å². The fourth-order valence-corrected chi connectivity index (χ4v) is 1.30. The number of carbonyl (C=O) groups is 1. The minimum Gasteiger partial charge on any atom is -0.461 e. The first-order chi connectivity index (χ1) is 8.22. The first kappa shape index (κ1) is 15.9. The average Bonchev–Trinajstić information content (AvgIpc) is 2.12. The Bertz CT molecular complexity index is 365. The zero-order valence-electron chi connectivity index (χ0n) is 8.71. The van der Waals surface area contributed by atoms with E-state index in [1.54, 1.807) is 0 Å². The highest BCUT2D eigenvalue weighted by molar-refractivity contribution is 5.75. The number of alkyl halides is 9. The SMILES string of the molecule is O=C1CC(CC(F)(F)C(F)(F)C(F)(F)C(F)(F)F)O1. The van der Waals surface area contributed by atoms with Crippen LogP contribution in [0.1, 0.15) is 12.8 Å². The smallest absolute Gasteiger partial charge is 0.460 e. The Kier molecular flexibility index (Phi) is 3.49. The molecule has 1 rings (SSSR count). The van der Waals surface area contributed by atoms with Gasteiger partial charge in [0.1, 0.15) is 6.10 Å². The molecule has 2 nitrogen and oxygen atoms in total. The third kappa shape index (κ3) is 2.46. The molecule has 0 radical (unpaired) electrons. The monoisotopic (exact) mass is 304 g/mol. The fraction of sp³-hybridized carbons (Fsp3) is 0.875. The predicted molar refractivity (Wildman–Crippen MR) is 40.0 cm³/mol. The number of cyclic esters (lactones) is 1. The molecule has 0 aromatic rings. The molecule has 1 saturated heterocycles. The molecule has 112 valence electrons. The van der Waals surface area contributed by atoms with Crippen LogP contribution < -0.4 is 0 Å². The summed E-state index contributed by atoms with van der Waals surface area (Å²) in [6, 6.07) is 0. The molecule has 11 heteroatoms. The van der Waals surface area contributed by atoms with Gasteiger partial charge in [-0.15, -0.1) is 0 Å². The molecule has 0 bridgehead atoms. The van der Waals surface area contributed by atoms with E-state index in [0.29, 0.717) is 0 Å². The van der Waals surface area contributed by atoms with Gasteiger partial charge in [0.25, 0.3) is 0 Å². The van der Waals surface area contributed by atoms with Crippen LogP contribution in [0.15, 0.2) is 0 Å². The van der Waals surface area contributed by atoms with Crippen molar-refractivity contribution in [2.75, 3.05) is 0 Å². The van der Waals surface area contributed by atoms with Crippen LogP contribution in [-0.4, -0.2) is 36.0 Å². The van der Waals surface area contributed by atoms with Gasteiger partial charge < -0.3 is 4.74 Å². The van der Waals surface area contributed by atoms with Gasteiger partial charge in [0.2, 0.25) is 0 Å². The number of esters is 1. The van der Waals surface area contributed by atoms with E-state index in [0.717, 1.165) is 0 Å². The van der Waals surface area contributed by atoms with E-state index >= 15 is 0 Å². The first-order valence-electron chi connectivity index (χ1n) is 4.62. The lowest BCUT2D eigenvalue weighted by atomic mass is 9.95. The molecule has 19 heavy (non-hydrogen) atoms. The van der Waals surface area contributed by atoms with Crippen molar-refractivity contribution >= 4 is 5.97 Å². The van der Waals surface area contributed by atoms with E-state index in [1.807, 2.05) is 0 Å². The third-order valence-electron chi connectivity index (χ3n) is 2.39. The standard InChI is InChI=1S/C8H5F9O2/c9-5(10,2-3-1-4(18)19-3)6(11,12)7(13,14)8(15,16)17/h3H,1-2H2. The van der Waals surface area contributed by atoms with Crippen molar-refractivity contribution in [2.45, 2.75) is 42.9 Å². The Morgan fingerprint density at radius 3 is 1.68 bits per heavy atom. The van der Waals surface area contributed by atoms with Gasteiger partial charge >= 0.3 is 29.9 Å². The summed E-state index contributed by atoms with van der Waals surface area (Å²) in [7, 11) is 0. The van der Waals surface area contributed by atoms with E-state index in [1.165, 1.54) is 0 Å². The number of rotatable bonds is 4. The lowest BCUT2D eigenvalue weighted by Crippen LogP contribution is -2.62. The zero-order valence-corrected chi connectivity index (χ0v) is 8.71. The highest BCUT2D eigenvalue weighted by atomic mass is 19.4. The molecule has 1 aliphatic rings. The quantitative estimate of drug-likeness (QED) is 0.589. The molecule has 1 atom stereocenters. The summed E-state index contributed by atoms with van der Waals surface area (Å²) in [4.78, 5) is 10.2. The molecule has 0 saturated carbocycles. The highest BCUT2D eigenvalue weighted by Crippen LogP contribution is 2.54. The van der Waals surface area contributed by atoms with Crippen LogP contribution >= 0.6 is 0 Å². The first-order valence-corrected chi connectivity index (χ1v) is 4.62. The molecule has 0 N–H and O–H groups in total. The van der Waals surface area contributed by atoms with E-state index in [-0.39, 0.29) is 0 Å². The van der Waals surface area contributed by atoms with Crippen molar-refractivity contribution in [2.24, 2.45) is 0 Å². The van der Waals surface area contributed by atoms with E-state index in [9.17, 15) is 44.3 Å². The van der Waals surface area contributed by atoms with Crippen LogP contribution in [0.4, 0.5) is 39.5 Å². The molecule has 0 spiro atoms. The van der Waals surface area contributed by atoms with E-state index in [2.05, 4.69) is 4.74 Å². The summed E-state index contributed by atoms with van der Waals surface area (Å²) in [5.41, 5.74) is 0. The molecular weight excluding hydrogens is 299 g/mol. The molecule has 1 aliphatic heterocycles. The number of hydrogen-bond donors (Lipinski definition) is 0. The van der Waals surface area contributed by atoms with Crippen LogP contribution in [0.2, 0.25) is 0 Å². The normalized spacial score (nSPS) is 21.9. The summed E-state index contributed by atoms with van der Waals surface area (Å²) in [5.74, 6) is -20.3. The molecule has 1 heterocycles. The maximum absolute atomic E-state index is 12.9. The number of carbonyl (C=O) groups excluding carboxylic acids is 1. The van der Waals surface area contributed by atoms with E-state index in [4.69, 9.17) is 0 Å². The van der Waals surface area contributed by atoms with Crippen LogP contribution in [0.25, 0.3) is 0 Å². The van der Waals surface area contributed by atoms with Crippen LogP contribution in [0.3, 0.4) is 0 Å². The molecule has 0 aromatic heterocycles. The van der Waals surface area contributed by atoms with Gasteiger partial charge in [-0.05, 0) is 0 Å². The largest absolute Gasteiger partial charge is 0.461 e. The summed E-state index contributed by atoms with van der Waals surface area (Å²) in [6.07, 6.45) is -11.5. The second-order valence-corrected chi connectivity index (χ2v) is 3.87. The molecule has 0 amide bonds. The molecule has 0 aliphatic carbocycles. The Balaban J connectivity index is 2.93. The van der Waals surface area contributed by atoms with Crippen molar-refractivity contribution in [1.29, 1.82) is 0 Å². The number of hydrogen-bond acceptors (Lipinski definition) is 2. The second-order valence-electron chi connectivity index (χ2n) is 3.87. The molecule has 1 fully saturated rings. The Morgan fingerprint density at radius 1 is 0.947 bits per heavy atom. The topological polar surface area (TPSA) is 26.3 Å². The van der Waals surface area contributed by atoms with Gasteiger partial charge in [0.15, 0.2) is 0 Å². The van der Waals surface area contributed by atoms with Gasteiger partial charge in [-0.3, -0.25) is 4.79 Å². The van der Waals surface area contributed by atoms with E-state index < -0.39 is 48.9 Å². The Hall–Kier alpha value is -1.16. The van der Waals surface area contributed by atoms with Crippen molar-refractivity contribution in [3.63, 3.8) is 0 Å². The van der Waals surface area contributed by atoms with Gasteiger partial charge in [0.05, 0.1) is 12.8 Å². The van der Waals surface area contributed by atoms with Gasteiger partial charge in [-0.1, -0.05) is 0 Å². The molecular formula is C8H5F9O2. The zero-order chi connectivity index (χ0) is 15.3. The van der Waals surface area contributed by atoms with Crippen molar-refractivity contribution in [3.05, 3.63) is 0 Å². The summed E-state index contributed by atoms with van der Waals surface area (Å²) < 4.78 is 115. The van der Waals surface area contributed by atoms with Crippen molar-refractivity contribution < 1.29 is 49.0 Å². The van der Waals surface area contributed by atoms with Gasteiger partial charge in [0, 0.05) is 0 Å². The maximum Gasteiger partial charge on any atom is 0.460 e. The van der Waals surface area contributed by atoms with Gasteiger partial charge in [-0.25, -0.2) is 0 Å². The summed E-state index contributed by atoms with van der Waals surface area (Å²) >= 11 is 0.